The van der Waals surface area contributed by atoms with Crippen molar-refractivity contribution in [3.8, 4) is 5.69 Å². The van der Waals surface area contributed by atoms with E-state index in [9.17, 15) is 4.39 Å². The Kier molecular flexibility index (Phi) is 2.28. The van der Waals surface area contributed by atoms with E-state index in [1.165, 1.54) is 12.1 Å². The molecule has 1 aromatic carbocycles. The molecule has 14 heavy (non-hydrogen) atoms. The van der Waals surface area contributed by atoms with E-state index in [4.69, 9.17) is 5.11 Å². The van der Waals surface area contributed by atoms with Gasteiger partial charge in [-0.15, -0.1) is 0 Å². The SMILES string of the molecule is OCc1cncn1-c1ccc(F)cc1. The summed E-state index contributed by atoms with van der Waals surface area (Å²) in [5.74, 6) is -0.278. The molecule has 0 aliphatic carbocycles. The second kappa shape index (κ2) is 3.59. The van der Waals surface area contributed by atoms with Crippen LogP contribution in [0.15, 0.2) is 36.8 Å². The number of hydrogen-bond acceptors (Lipinski definition) is 2. The van der Waals surface area contributed by atoms with Gasteiger partial charge in [-0.2, -0.15) is 0 Å². The predicted octanol–water partition coefficient (Wildman–Crippen LogP) is 1.50. The normalized spacial score (nSPS) is 10.4. The van der Waals surface area contributed by atoms with Crippen LogP contribution < -0.4 is 0 Å². The van der Waals surface area contributed by atoms with Crippen LogP contribution in [-0.4, -0.2) is 14.7 Å². The predicted molar refractivity (Wildman–Crippen MR) is 49.4 cm³/mol. The van der Waals surface area contributed by atoms with Gasteiger partial charge in [0, 0.05) is 5.69 Å². The average molecular weight is 192 g/mol. The van der Waals surface area contributed by atoms with E-state index in [-0.39, 0.29) is 12.4 Å². The van der Waals surface area contributed by atoms with E-state index >= 15 is 0 Å². The molecule has 0 bridgehead atoms. The van der Waals surface area contributed by atoms with Crippen molar-refractivity contribution in [3.05, 3.63) is 48.3 Å². The molecule has 0 atom stereocenters. The summed E-state index contributed by atoms with van der Waals surface area (Å²) < 4.78 is 14.3. The minimum atomic E-state index is -0.278. The molecule has 72 valence electrons. The summed E-state index contributed by atoms with van der Waals surface area (Å²) in [4.78, 5) is 3.90. The molecule has 0 saturated heterocycles. The zero-order valence-electron chi connectivity index (χ0n) is 7.39. The van der Waals surface area contributed by atoms with E-state index < -0.39 is 0 Å². The minimum Gasteiger partial charge on any atom is -0.390 e. The molecule has 1 heterocycles. The van der Waals surface area contributed by atoms with E-state index in [2.05, 4.69) is 4.98 Å². The lowest BCUT2D eigenvalue weighted by molar-refractivity contribution is 0.274. The highest BCUT2D eigenvalue weighted by Crippen LogP contribution is 2.11. The van der Waals surface area contributed by atoms with Crippen LogP contribution in [-0.2, 0) is 6.61 Å². The zero-order chi connectivity index (χ0) is 9.97. The smallest absolute Gasteiger partial charge is 0.123 e. The highest BCUT2D eigenvalue weighted by atomic mass is 19.1. The van der Waals surface area contributed by atoms with Crippen LogP contribution in [0.4, 0.5) is 4.39 Å². The van der Waals surface area contributed by atoms with Gasteiger partial charge in [-0.05, 0) is 24.3 Å². The third-order valence-corrected chi connectivity index (χ3v) is 1.98. The Morgan fingerprint density at radius 2 is 2.00 bits per heavy atom. The molecule has 0 unspecified atom stereocenters. The lowest BCUT2D eigenvalue weighted by Crippen LogP contribution is -1.98. The number of hydrogen-bond donors (Lipinski definition) is 1. The average Bonchev–Trinajstić information content (AvgIpc) is 2.67. The van der Waals surface area contributed by atoms with Crippen molar-refractivity contribution < 1.29 is 9.50 Å². The van der Waals surface area contributed by atoms with Gasteiger partial charge in [-0.1, -0.05) is 0 Å². The van der Waals surface area contributed by atoms with Crippen molar-refractivity contribution in [2.45, 2.75) is 6.61 Å². The molecule has 1 aromatic heterocycles. The summed E-state index contributed by atoms with van der Waals surface area (Å²) in [6.07, 6.45) is 3.15. The summed E-state index contributed by atoms with van der Waals surface area (Å²) >= 11 is 0. The number of aliphatic hydroxyl groups is 1. The van der Waals surface area contributed by atoms with Gasteiger partial charge in [0.1, 0.15) is 5.82 Å². The van der Waals surface area contributed by atoms with Gasteiger partial charge in [0.05, 0.1) is 24.8 Å². The van der Waals surface area contributed by atoms with Gasteiger partial charge in [0.15, 0.2) is 0 Å². The lowest BCUT2D eigenvalue weighted by Gasteiger charge is -2.05. The molecule has 1 N–H and O–H groups in total. The van der Waals surface area contributed by atoms with Crippen LogP contribution in [0.5, 0.6) is 0 Å². The molecule has 0 aliphatic rings. The van der Waals surface area contributed by atoms with Gasteiger partial charge < -0.3 is 9.67 Å². The monoisotopic (exact) mass is 192 g/mol. The Morgan fingerprint density at radius 3 is 2.64 bits per heavy atom. The quantitative estimate of drug-likeness (QED) is 0.783. The van der Waals surface area contributed by atoms with Gasteiger partial charge in [-0.25, -0.2) is 9.37 Å². The molecule has 0 spiro atoms. The summed E-state index contributed by atoms with van der Waals surface area (Å²) in [6.45, 7) is -0.0859. The highest BCUT2D eigenvalue weighted by Gasteiger charge is 2.02. The Hall–Kier alpha value is -1.68. The first-order valence-electron chi connectivity index (χ1n) is 4.19. The molecule has 3 nitrogen and oxygen atoms in total. The molecule has 2 rings (SSSR count). The van der Waals surface area contributed by atoms with E-state index in [1.54, 1.807) is 29.2 Å². The van der Waals surface area contributed by atoms with E-state index in [0.717, 1.165) is 5.69 Å². The number of rotatable bonds is 2. The summed E-state index contributed by atoms with van der Waals surface area (Å²) in [6, 6.07) is 6.01. The number of imidazole rings is 1. The van der Waals surface area contributed by atoms with Crippen molar-refractivity contribution >= 4 is 0 Å². The van der Waals surface area contributed by atoms with Crippen molar-refractivity contribution in [2.24, 2.45) is 0 Å². The van der Waals surface area contributed by atoms with E-state index in [0.29, 0.717) is 5.69 Å². The summed E-state index contributed by atoms with van der Waals surface area (Å²) in [7, 11) is 0. The molecular formula is C10H9FN2O. The van der Waals surface area contributed by atoms with Gasteiger partial charge >= 0.3 is 0 Å². The van der Waals surface area contributed by atoms with Crippen LogP contribution in [0.3, 0.4) is 0 Å². The standard InChI is InChI=1S/C10H9FN2O/c11-8-1-3-9(4-2-8)13-7-12-5-10(13)6-14/h1-5,7,14H,6H2. The van der Waals surface area contributed by atoms with Gasteiger partial charge in [0.25, 0.3) is 0 Å². The third kappa shape index (κ3) is 1.52. The fourth-order valence-electron chi connectivity index (χ4n) is 1.27. The third-order valence-electron chi connectivity index (χ3n) is 1.98. The van der Waals surface area contributed by atoms with Gasteiger partial charge in [0.2, 0.25) is 0 Å². The maximum atomic E-state index is 12.6. The minimum absolute atomic E-state index is 0.0859. The first kappa shape index (κ1) is 8.90. The van der Waals surface area contributed by atoms with Crippen LogP contribution in [0.1, 0.15) is 5.69 Å². The Bertz CT molecular complexity index is 422. The molecule has 4 heteroatoms. The van der Waals surface area contributed by atoms with Crippen LogP contribution in [0.2, 0.25) is 0 Å². The molecule has 0 fully saturated rings. The summed E-state index contributed by atoms with van der Waals surface area (Å²) in [5.41, 5.74) is 1.46. The molecule has 2 aromatic rings. The topological polar surface area (TPSA) is 38.1 Å². The lowest BCUT2D eigenvalue weighted by atomic mass is 10.3. The second-order valence-corrected chi connectivity index (χ2v) is 2.89. The number of halogens is 1. The number of nitrogens with zero attached hydrogens (tertiary/aromatic N) is 2. The van der Waals surface area contributed by atoms with Crippen molar-refractivity contribution in [1.82, 2.24) is 9.55 Å². The Labute approximate surface area is 80.5 Å². The first-order valence-corrected chi connectivity index (χ1v) is 4.19. The molecule has 0 saturated carbocycles. The van der Waals surface area contributed by atoms with Crippen molar-refractivity contribution in [2.75, 3.05) is 0 Å². The number of aromatic nitrogens is 2. The maximum absolute atomic E-state index is 12.6. The van der Waals surface area contributed by atoms with Crippen molar-refractivity contribution in [1.29, 1.82) is 0 Å². The second-order valence-electron chi connectivity index (χ2n) is 2.89. The molecule has 0 aliphatic heterocycles. The van der Waals surface area contributed by atoms with Crippen LogP contribution in [0, 0.1) is 5.82 Å². The fourth-order valence-corrected chi connectivity index (χ4v) is 1.27. The Morgan fingerprint density at radius 1 is 1.29 bits per heavy atom. The Balaban J connectivity index is 2.44. The zero-order valence-corrected chi connectivity index (χ0v) is 7.39. The van der Waals surface area contributed by atoms with E-state index in [1.807, 2.05) is 0 Å². The number of benzene rings is 1. The highest BCUT2D eigenvalue weighted by molar-refractivity contribution is 5.33. The van der Waals surface area contributed by atoms with Crippen LogP contribution in [0.25, 0.3) is 5.69 Å². The first-order chi connectivity index (χ1) is 6.81. The van der Waals surface area contributed by atoms with Crippen molar-refractivity contribution in [3.63, 3.8) is 0 Å². The maximum Gasteiger partial charge on any atom is 0.123 e. The molecular weight excluding hydrogens is 183 g/mol. The summed E-state index contributed by atoms with van der Waals surface area (Å²) in [5, 5.41) is 8.99. The number of aliphatic hydroxyl groups excluding tert-OH is 1. The van der Waals surface area contributed by atoms with Gasteiger partial charge in [-0.3, -0.25) is 0 Å². The largest absolute Gasteiger partial charge is 0.390 e. The molecule has 0 amide bonds. The van der Waals surface area contributed by atoms with Crippen LogP contribution >= 0.6 is 0 Å². The fraction of sp³-hybridized carbons (Fsp3) is 0.100. The molecule has 0 radical (unpaired) electrons.